The molecule has 0 aliphatic carbocycles. The quantitative estimate of drug-likeness (QED) is 0.0407. The molecule has 10 amide bonds. The van der Waals surface area contributed by atoms with Gasteiger partial charge in [-0.05, 0) is 95.4 Å². The van der Waals surface area contributed by atoms with E-state index >= 15 is 4.79 Å². The van der Waals surface area contributed by atoms with Crippen molar-refractivity contribution in [1.82, 2.24) is 56.0 Å². The van der Waals surface area contributed by atoms with Crippen LogP contribution in [-0.4, -0.2) is 239 Å². The smallest absolute Gasteiger partial charge is 0.323 e. The summed E-state index contributed by atoms with van der Waals surface area (Å²) in [7, 11) is 9.78. The van der Waals surface area contributed by atoms with E-state index in [0.717, 1.165) is 9.80 Å². The molecule has 0 aliphatic rings. The van der Waals surface area contributed by atoms with Crippen molar-refractivity contribution >= 4 is 65.0 Å². The second kappa shape index (κ2) is 36.6. The molecule has 482 valence electrons. The number of nitrogens with one attached hydrogen (secondary N) is 5. The third kappa shape index (κ3) is 23.0. The summed E-state index contributed by atoms with van der Waals surface area (Å²) < 4.78 is 0. The Balaban J connectivity index is 6.97. The number of amides is 10. The highest BCUT2D eigenvalue weighted by Gasteiger charge is 2.45. The van der Waals surface area contributed by atoms with Crippen molar-refractivity contribution in [2.75, 3.05) is 62.5 Å². The van der Waals surface area contributed by atoms with Gasteiger partial charge in [0.15, 0.2) is 0 Å². The van der Waals surface area contributed by atoms with Crippen LogP contribution in [0, 0.1) is 35.5 Å². The predicted molar refractivity (Wildman–Crippen MR) is 320 cm³/mol. The number of carboxylic acid groups (broad SMARTS) is 1. The molecule has 0 heterocycles. The zero-order valence-electron chi connectivity index (χ0n) is 54.4. The maximum absolute atomic E-state index is 15.0. The number of nitrogens with zero attached hydrogens (tertiary/aromatic N) is 6. The van der Waals surface area contributed by atoms with Gasteiger partial charge in [-0.2, -0.15) is 0 Å². The third-order valence-electron chi connectivity index (χ3n) is 15.1. The molecule has 84 heavy (non-hydrogen) atoms. The van der Waals surface area contributed by atoms with E-state index in [4.69, 9.17) is 0 Å². The number of hydrogen-bond acceptors (Lipinski definition) is 14. The summed E-state index contributed by atoms with van der Waals surface area (Å²) in [6.45, 7) is 24.8. The van der Waals surface area contributed by atoms with Crippen LogP contribution in [0.1, 0.15) is 136 Å². The maximum Gasteiger partial charge on any atom is 0.323 e. The fraction of sp³-hybridized carbons (Fsp3) is 0.780. The molecule has 0 aromatic heterocycles. The van der Waals surface area contributed by atoms with Crippen molar-refractivity contribution in [3.8, 4) is 0 Å². The van der Waals surface area contributed by atoms with Crippen LogP contribution in [0.3, 0.4) is 0 Å². The Morgan fingerprint density at radius 2 is 0.940 bits per heavy atom. The van der Waals surface area contributed by atoms with Gasteiger partial charge in [0.25, 0.3) is 0 Å². The Morgan fingerprint density at radius 1 is 0.488 bits per heavy atom. The molecule has 0 aromatic rings. The minimum Gasteiger partial charge on any atom is -0.480 e. The highest BCUT2D eigenvalue weighted by Crippen LogP contribution is 2.25. The summed E-state index contributed by atoms with van der Waals surface area (Å²) in [6, 6.07) is -12.0. The third-order valence-corrected chi connectivity index (χ3v) is 15.1. The summed E-state index contributed by atoms with van der Waals surface area (Å²) in [5.41, 5.74) is 0. The lowest BCUT2D eigenvalue weighted by Crippen LogP contribution is -2.63. The molecular formula is C59H107N11O14. The number of hydrogen-bond donors (Lipinski definition) is 8. The first-order chi connectivity index (χ1) is 38.8. The van der Waals surface area contributed by atoms with Crippen LogP contribution in [-0.2, 0) is 52.7 Å². The van der Waals surface area contributed by atoms with Gasteiger partial charge in [-0.3, -0.25) is 52.7 Å². The van der Waals surface area contributed by atoms with E-state index in [1.54, 1.807) is 60.6 Å². The van der Waals surface area contributed by atoms with Crippen molar-refractivity contribution in [1.29, 1.82) is 0 Å². The van der Waals surface area contributed by atoms with Crippen molar-refractivity contribution in [2.24, 2.45) is 35.5 Å². The normalized spacial score (nSPS) is 16.0. The van der Waals surface area contributed by atoms with Crippen LogP contribution in [0.15, 0.2) is 12.2 Å². The van der Waals surface area contributed by atoms with E-state index in [1.807, 2.05) is 41.5 Å². The van der Waals surface area contributed by atoms with E-state index in [1.165, 1.54) is 82.8 Å². The fourth-order valence-corrected chi connectivity index (χ4v) is 9.82. The number of aliphatic hydroxyl groups excluding tert-OH is 2. The van der Waals surface area contributed by atoms with Gasteiger partial charge < -0.3 is 71.3 Å². The monoisotopic (exact) mass is 1190 g/mol. The van der Waals surface area contributed by atoms with Crippen LogP contribution in [0.4, 0.5) is 0 Å². The average molecular weight is 1190 g/mol. The SMILES string of the molecule is CC=CC[C@@H](C)[C@@H](O)[C@@H](C(=O)N[C@@H](CC)C(=O)N(C)CC(=O)O)N(C)C(=O)[C@H](C(C)C)N(C)C(=O)[C@H](CC(C)C)N(C)C(=O)[C@H](CC(C)C)N(C)C(=O)[C@@H](C)NC(=O)[C@H](C)NC(=O)[C@H](CC(C)C)N(C)C(=O)[C@@H](NC(=O)[C@H](CO)NC)C(C)C. The van der Waals surface area contributed by atoms with Gasteiger partial charge in [-0.1, -0.05) is 95.2 Å². The summed E-state index contributed by atoms with van der Waals surface area (Å²) in [4.78, 5) is 160. The summed E-state index contributed by atoms with van der Waals surface area (Å²) in [5, 5.41) is 44.1. The van der Waals surface area contributed by atoms with E-state index in [-0.39, 0.29) is 43.4 Å². The number of aliphatic hydroxyl groups is 2. The van der Waals surface area contributed by atoms with Gasteiger partial charge >= 0.3 is 5.97 Å². The minimum atomic E-state index is -1.59. The van der Waals surface area contributed by atoms with E-state index in [2.05, 4.69) is 26.6 Å². The van der Waals surface area contributed by atoms with Crippen LogP contribution >= 0.6 is 0 Å². The van der Waals surface area contributed by atoms with E-state index in [9.17, 15) is 63.3 Å². The van der Waals surface area contributed by atoms with Gasteiger partial charge in [0, 0.05) is 42.3 Å². The first-order valence-corrected chi connectivity index (χ1v) is 29.4. The van der Waals surface area contributed by atoms with Gasteiger partial charge in [0.1, 0.15) is 67.0 Å². The molecule has 0 rings (SSSR count). The first-order valence-electron chi connectivity index (χ1n) is 29.4. The molecule has 0 spiro atoms. The van der Waals surface area contributed by atoms with Crippen LogP contribution < -0.4 is 26.6 Å². The zero-order valence-corrected chi connectivity index (χ0v) is 54.4. The van der Waals surface area contributed by atoms with Crippen LogP contribution in [0.25, 0.3) is 0 Å². The van der Waals surface area contributed by atoms with E-state index in [0.29, 0.717) is 6.42 Å². The Hall–Kier alpha value is -6.21. The lowest BCUT2D eigenvalue weighted by atomic mass is 9.91. The van der Waals surface area contributed by atoms with Crippen LogP contribution in [0.2, 0.25) is 0 Å². The minimum absolute atomic E-state index is 0.0536. The number of rotatable bonds is 36. The zero-order chi connectivity index (χ0) is 65.5. The maximum atomic E-state index is 15.0. The van der Waals surface area contributed by atoms with Gasteiger partial charge in [-0.15, -0.1) is 0 Å². The first kappa shape index (κ1) is 77.8. The van der Waals surface area contributed by atoms with Gasteiger partial charge in [-0.25, -0.2) is 0 Å². The van der Waals surface area contributed by atoms with Crippen molar-refractivity contribution < 1.29 is 68.1 Å². The van der Waals surface area contributed by atoms with Crippen molar-refractivity contribution in [3.05, 3.63) is 12.2 Å². The number of allylic oxidation sites excluding steroid dienone is 2. The largest absolute Gasteiger partial charge is 0.480 e. The number of carbonyl (C=O) groups excluding carboxylic acids is 10. The number of carbonyl (C=O) groups is 11. The molecule has 12 atom stereocenters. The van der Waals surface area contributed by atoms with E-state index < -0.39 is 162 Å². The van der Waals surface area contributed by atoms with Crippen molar-refractivity contribution in [3.63, 3.8) is 0 Å². The van der Waals surface area contributed by atoms with Crippen LogP contribution in [0.5, 0.6) is 0 Å². The Bertz CT molecular complexity index is 2240. The molecule has 25 heteroatoms. The molecule has 0 unspecified atom stereocenters. The fourth-order valence-electron chi connectivity index (χ4n) is 9.82. The second-order valence-corrected chi connectivity index (χ2v) is 24.4. The predicted octanol–water partition coefficient (Wildman–Crippen LogP) is 1.05. The number of carboxylic acids is 1. The molecule has 8 N–H and O–H groups in total. The Kier molecular flexibility index (Phi) is 33.9. The molecule has 25 nitrogen and oxygen atoms in total. The number of likely N-dealkylation sites (N-methyl/N-ethyl adjacent to an activating group) is 7. The lowest BCUT2D eigenvalue weighted by molar-refractivity contribution is -0.157. The Labute approximate surface area is 500 Å². The molecule has 0 saturated carbocycles. The molecule has 0 saturated heterocycles. The highest BCUT2D eigenvalue weighted by atomic mass is 16.4. The van der Waals surface area contributed by atoms with Gasteiger partial charge in [0.2, 0.25) is 59.1 Å². The molecule has 0 fully saturated rings. The van der Waals surface area contributed by atoms with Gasteiger partial charge in [0.05, 0.1) is 12.7 Å². The Morgan fingerprint density at radius 3 is 1.37 bits per heavy atom. The molecule has 0 bridgehead atoms. The highest BCUT2D eigenvalue weighted by molar-refractivity contribution is 5.99. The summed E-state index contributed by atoms with van der Waals surface area (Å²) in [6.07, 6.45) is 2.89. The summed E-state index contributed by atoms with van der Waals surface area (Å²) in [5.74, 6) is -10.1. The topological polar surface area (TPSA) is 328 Å². The second-order valence-electron chi connectivity index (χ2n) is 24.4. The standard InChI is InChI=1S/C59H107N11O14/c1-23-25-26-37(13)49(74)48(53(78)63-40(24-2)55(80)65(17)30-45(72)73)70(22)59(84)47(36(11)12)69(21)57(82)44(29-34(7)8)68(20)56(81)43(28-33(5)6)67(19)54(79)39(15)62-50(75)38(14)61-52(77)42(27-32(3)4)66(18)58(83)46(35(9)10)64-51(76)41(31-71)60-16/h23,25,32-44,46-49,60,71,74H,24,26-31H2,1-22H3,(H,61,77)(H,62,75)(H,63,78)(H,64,76)(H,72,73)/t37-,38+,39-,40+,41+,42+,43+,44+,46+,47+,48+,49-/m1/s1. The lowest BCUT2D eigenvalue weighted by Gasteiger charge is -2.41. The molecule has 0 aliphatic heterocycles. The molecule has 0 aromatic carbocycles. The molecular weight excluding hydrogens is 1090 g/mol. The van der Waals surface area contributed by atoms with Crippen molar-refractivity contribution in [2.45, 2.75) is 202 Å². The average Bonchev–Trinajstić information content (AvgIpc) is 3.39. The molecule has 0 radical (unpaired) electrons. The summed E-state index contributed by atoms with van der Waals surface area (Å²) >= 11 is 0. The number of aliphatic carboxylic acids is 1.